The lowest BCUT2D eigenvalue weighted by molar-refractivity contribution is 0.102. The van der Waals surface area contributed by atoms with Crippen LogP contribution in [-0.2, 0) is 0 Å². The molecule has 0 radical (unpaired) electrons. The Morgan fingerprint density at radius 2 is 1.94 bits per heavy atom. The lowest BCUT2D eigenvalue weighted by Crippen LogP contribution is -2.13. The fourth-order valence-corrected chi connectivity index (χ4v) is 1.67. The second kappa shape index (κ2) is 4.87. The zero-order valence-corrected chi connectivity index (χ0v) is 10.4. The highest BCUT2D eigenvalue weighted by atomic mass is 16.1. The molecular weight excluding hydrogens is 226 g/mol. The zero-order valence-electron chi connectivity index (χ0n) is 10.4. The molecule has 4 nitrogen and oxygen atoms in total. The van der Waals surface area contributed by atoms with Crippen molar-refractivity contribution in [3.05, 3.63) is 53.3 Å². The van der Waals surface area contributed by atoms with E-state index in [1.54, 1.807) is 18.3 Å². The number of nitrogens with zero attached hydrogens (tertiary/aromatic N) is 1. The molecule has 0 aliphatic heterocycles. The second-order valence-electron chi connectivity index (χ2n) is 4.30. The van der Waals surface area contributed by atoms with Crippen LogP contribution in [0.25, 0.3) is 0 Å². The van der Waals surface area contributed by atoms with Gasteiger partial charge in [-0.15, -0.1) is 0 Å². The molecule has 0 aliphatic carbocycles. The van der Waals surface area contributed by atoms with E-state index in [0.717, 1.165) is 11.1 Å². The van der Waals surface area contributed by atoms with Crippen molar-refractivity contribution in [3.63, 3.8) is 0 Å². The van der Waals surface area contributed by atoms with E-state index < -0.39 is 0 Å². The Morgan fingerprint density at radius 1 is 1.17 bits per heavy atom. The minimum absolute atomic E-state index is 0.207. The second-order valence-corrected chi connectivity index (χ2v) is 4.30. The number of carbonyl (C=O) groups excluding carboxylic acids is 1. The molecule has 1 aromatic carbocycles. The van der Waals surface area contributed by atoms with Gasteiger partial charge in [-0.3, -0.25) is 9.78 Å². The number of carbonyl (C=O) groups is 1. The zero-order chi connectivity index (χ0) is 13.1. The summed E-state index contributed by atoms with van der Waals surface area (Å²) in [5.41, 5.74) is 9.55. The Labute approximate surface area is 106 Å². The first-order chi connectivity index (χ1) is 8.56. The van der Waals surface area contributed by atoms with Crippen molar-refractivity contribution >= 4 is 17.3 Å². The number of rotatable bonds is 2. The molecule has 3 N–H and O–H groups in total. The van der Waals surface area contributed by atoms with Gasteiger partial charge in [0, 0.05) is 12.4 Å². The van der Waals surface area contributed by atoms with Crippen LogP contribution in [-0.4, -0.2) is 10.9 Å². The lowest BCUT2D eigenvalue weighted by Gasteiger charge is -2.09. The fourth-order valence-electron chi connectivity index (χ4n) is 1.67. The number of benzene rings is 1. The SMILES string of the molecule is Cc1cncc(C(=O)Nc2ccc(C)cc2N)c1. The predicted octanol–water partition coefficient (Wildman–Crippen LogP) is 2.53. The molecule has 1 aromatic heterocycles. The molecule has 0 bridgehead atoms. The molecule has 0 unspecified atom stereocenters. The van der Waals surface area contributed by atoms with Gasteiger partial charge in [-0.2, -0.15) is 0 Å². The summed E-state index contributed by atoms with van der Waals surface area (Å²) in [4.78, 5) is 16.0. The summed E-state index contributed by atoms with van der Waals surface area (Å²) in [6.07, 6.45) is 3.24. The van der Waals surface area contributed by atoms with Gasteiger partial charge in [0.2, 0.25) is 0 Å². The van der Waals surface area contributed by atoms with Crippen molar-refractivity contribution in [1.29, 1.82) is 0 Å². The van der Waals surface area contributed by atoms with Gasteiger partial charge in [0.05, 0.1) is 16.9 Å². The summed E-state index contributed by atoms with van der Waals surface area (Å²) in [5.74, 6) is -0.207. The third kappa shape index (κ3) is 2.66. The number of hydrogen-bond donors (Lipinski definition) is 2. The lowest BCUT2D eigenvalue weighted by atomic mass is 10.1. The van der Waals surface area contributed by atoms with Crippen LogP contribution in [0.5, 0.6) is 0 Å². The van der Waals surface area contributed by atoms with Crippen LogP contribution < -0.4 is 11.1 Å². The average Bonchev–Trinajstić information content (AvgIpc) is 2.32. The summed E-state index contributed by atoms with van der Waals surface area (Å²) >= 11 is 0. The predicted molar refractivity (Wildman–Crippen MR) is 72.5 cm³/mol. The van der Waals surface area contributed by atoms with Gasteiger partial charge in [-0.1, -0.05) is 6.07 Å². The van der Waals surface area contributed by atoms with Gasteiger partial charge >= 0.3 is 0 Å². The Kier molecular flexibility index (Phi) is 3.28. The summed E-state index contributed by atoms with van der Waals surface area (Å²) in [5, 5.41) is 2.78. The van der Waals surface area contributed by atoms with Crippen molar-refractivity contribution < 1.29 is 4.79 Å². The van der Waals surface area contributed by atoms with Crippen LogP contribution in [0.1, 0.15) is 21.5 Å². The van der Waals surface area contributed by atoms with E-state index in [1.807, 2.05) is 26.0 Å². The molecule has 18 heavy (non-hydrogen) atoms. The molecule has 4 heteroatoms. The molecule has 0 spiro atoms. The minimum Gasteiger partial charge on any atom is -0.397 e. The van der Waals surface area contributed by atoms with E-state index in [-0.39, 0.29) is 5.91 Å². The fraction of sp³-hybridized carbons (Fsp3) is 0.143. The number of hydrogen-bond acceptors (Lipinski definition) is 3. The minimum atomic E-state index is -0.207. The first-order valence-electron chi connectivity index (χ1n) is 5.65. The topological polar surface area (TPSA) is 68.0 Å². The van der Waals surface area contributed by atoms with Crippen LogP contribution in [0.2, 0.25) is 0 Å². The van der Waals surface area contributed by atoms with Crippen molar-refractivity contribution in [2.24, 2.45) is 0 Å². The largest absolute Gasteiger partial charge is 0.397 e. The number of pyridine rings is 1. The molecule has 0 fully saturated rings. The van der Waals surface area contributed by atoms with E-state index in [2.05, 4.69) is 10.3 Å². The third-order valence-electron chi connectivity index (χ3n) is 2.59. The van der Waals surface area contributed by atoms with Crippen LogP contribution in [0.4, 0.5) is 11.4 Å². The highest BCUT2D eigenvalue weighted by Gasteiger charge is 2.08. The van der Waals surface area contributed by atoms with Crippen LogP contribution in [0, 0.1) is 13.8 Å². The molecule has 1 heterocycles. The summed E-state index contributed by atoms with van der Waals surface area (Å²) in [7, 11) is 0. The molecule has 2 rings (SSSR count). The quantitative estimate of drug-likeness (QED) is 0.794. The van der Waals surface area contributed by atoms with E-state index in [0.29, 0.717) is 16.9 Å². The molecule has 0 saturated heterocycles. The normalized spacial score (nSPS) is 10.1. The number of amides is 1. The molecule has 2 aromatic rings. The molecule has 92 valence electrons. The average molecular weight is 241 g/mol. The Hall–Kier alpha value is -2.36. The maximum absolute atomic E-state index is 12.0. The smallest absolute Gasteiger partial charge is 0.257 e. The number of nitrogens with one attached hydrogen (secondary N) is 1. The van der Waals surface area contributed by atoms with E-state index in [1.165, 1.54) is 6.20 Å². The van der Waals surface area contributed by atoms with Gasteiger partial charge in [0.25, 0.3) is 5.91 Å². The molecular formula is C14H15N3O. The Morgan fingerprint density at radius 3 is 2.61 bits per heavy atom. The van der Waals surface area contributed by atoms with Gasteiger partial charge in [0.1, 0.15) is 0 Å². The Balaban J connectivity index is 2.21. The van der Waals surface area contributed by atoms with Crippen LogP contribution >= 0.6 is 0 Å². The third-order valence-corrected chi connectivity index (χ3v) is 2.59. The molecule has 0 saturated carbocycles. The number of aryl methyl sites for hydroxylation is 2. The summed E-state index contributed by atoms with van der Waals surface area (Å²) < 4.78 is 0. The van der Waals surface area contributed by atoms with Crippen molar-refractivity contribution in [2.75, 3.05) is 11.1 Å². The number of aromatic nitrogens is 1. The maximum Gasteiger partial charge on any atom is 0.257 e. The van der Waals surface area contributed by atoms with Gasteiger partial charge in [-0.25, -0.2) is 0 Å². The van der Waals surface area contributed by atoms with Crippen LogP contribution in [0.15, 0.2) is 36.7 Å². The monoisotopic (exact) mass is 241 g/mol. The van der Waals surface area contributed by atoms with E-state index in [4.69, 9.17) is 5.73 Å². The summed E-state index contributed by atoms with van der Waals surface area (Å²) in [6.45, 7) is 3.84. The molecule has 0 aliphatic rings. The first-order valence-corrected chi connectivity index (χ1v) is 5.65. The number of nitrogen functional groups attached to an aromatic ring is 1. The van der Waals surface area contributed by atoms with E-state index >= 15 is 0 Å². The number of anilines is 2. The van der Waals surface area contributed by atoms with Gasteiger partial charge < -0.3 is 11.1 Å². The molecule has 1 amide bonds. The van der Waals surface area contributed by atoms with E-state index in [9.17, 15) is 4.79 Å². The van der Waals surface area contributed by atoms with Gasteiger partial charge in [-0.05, 0) is 43.2 Å². The maximum atomic E-state index is 12.0. The van der Waals surface area contributed by atoms with Crippen LogP contribution in [0.3, 0.4) is 0 Å². The van der Waals surface area contributed by atoms with Gasteiger partial charge in [0.15, 0.2) is 0 Å². The van der Waals surface area contributed by atoms with Crippen molar-refractivity contribution in [3.8, 4) is 0 Å². The Bertz CT molecular complexity index is 593. The van der Waals surface area contributed by atoms with Crippen molar-refractivity contribution in [1.82, 2.24) is 4.98 Å². The summed E-state index contributed by atoms with van der Waals surface area (Å²) in [6, 6.07) is 7.31. The highest BCUT2D eigenvalue weighted by molar-refractivity contribution is 6.05. The molecule has 0 atom stereocenters. The first kappa shape index (κ1) is 12.1. The highest BCUT2D eigenvalue weighted by Crippen LogP contribution is 2.20. The van der Waals surface area contributed by atoms with Crippen molar-refractivity contribution in [2.45, 2.75) is 13.8 Å². The number of nitrogens with two attached hydrogens (primary N) is 1. The standard InChI is InChI=1S/C14H15N3O/c1-9-3-4-13(12(15)6-9)17-14(18)11-5-10(2)7-16-8-11/h3-8H,15H2,1-2H3,(H,17,18).